The highest BCUT2D eigenvalue weighted by molar-refractivity contribution is 7.92. The van der Waals surface area contributed by atoms with Crippen molar-refractivity contribution < 1.29 is 27.4 Å². The third-order valence-electron chi connectivity index (χ3n) is 8.73. The van der Waals surface area contributed by atoms with Crippen molar-refractivity contribution in [3.8, 4) is 11.1 Å². The van der Waals surface area contributed by atoms with E-state index in [0.717, 1.165) is 12.8 Å². The molecule has 4 aromatic rings. The van der Waals surface area contributed by atoms with Crippen LogP contribution in [0.3, 0.4) is 0 Å². The number of halogens is 2. The predicted molar refractivity (Wildman–Crippen MR) is 184 cm³/mol. The van der Waals surface area contributed by atoms with Gasteiger partial charge < -0.3 is 20.1 Å². The summed E-state index contributed by atoms with van der Waals surface area (Å²) < 4.78 is 51.0. The Morgan fingerprint density at radius 3 is 2.58 bits per heavy atom. The van der Waals surface area contributed by atoms with Gasteiger partial charge in [0.1, 0.15) is 11.4 Å². The average Bonchev–Trinajstić information content (AvgIpc) is 3.40. The molecule has 2 aliphatic rings. The van der Waals surface area contributed by atoms with Gasteiger partial charge in [0.25, 0.3) is 10.0 Å². The monoisotopic (exact) mass is 695 g/mol. The number of carbonyl (C=O) groups is 1. The lowest BCUT2D eigenvalue weighted by molar-refractivity contribution is 0.0210. The number of piperidine rings is 1. The molecule has 0 unspecified atom stereocenters. The third-order valence-corrected chi connectivity index (χ3v) is 10.4. The Bertz CT molecular complexity index is 1990. The fourth-order valence-electron chi connectivity index (χ4n) is 6.44. The lowest BCUT2D eigenvalue weighted by atomic mass is 9.95. The van der Waals surface area contributed by atoms with E-state index in [1.54, 1.807) is 35.4 Å². The van der Waals surface area contributed by atoms with Crippen LogP contribution in [0.15, 0.2) is 53.6 Å². The summed E-state index contributed by atoms with van der Waals surface area (Å²) in [6, 6.07) is 11.1. The van der Waals surface area contributed by atoms with Gasteiger partial charge >= 0.3 is 6.09 Å². The number of carbonyl (C=O) groups excluding carboxylic acids is 1. The number of likely N-dealkylation sites (tertiary alicyclic amines) is 1. The molecule has 13 heteroatoms. The van der Waals surface area contributed by atoms with Gasteiger partial charge in [-0.2, -0.15) is 0 Å². The Kier molecular flexibility index (Phi) is 9.27. The zero-order chi connectivity index (χ0) is 34.4. The summed E-state index contributed by atoms with van der Waals surface area (Å²) >= 11 is 6.24. The van der Waals surface area contributed by atoms with Crippen LogP contribution >= 0.6 is 11.6 Å². The first-order chi connectivity index (χ1) is 22.7. The molecule has 6 rings (SSSR count). The van der Waals surface area contributed by atoms with Crippen molar-refractivity contribution in [2.24, 2.45) is 0 Å². The van der Waals surface area contributed by atoms with E-state index in [4.69, 9.17) is 16.3 Å². The van der Waals surface area contributed by atoms with E-state index in [9.17, 15) is 18.3 Å². The number of nitrogens with one attached hydrogen (secondary N) is 2. The molecular formula is C35H39ClFN5O5S. The van der Waals surface area contributed by atoms with E-state index in [-0.39, 0.29) is 33.3 Å². The fraction of sp³-hybridized carbons (Fsp3) is 0.400. The summed E-state index contributed by atoms with van der Waals surface area (Å²) in [5, 5.41) is 14.6. The summed E-state index contributed by atoms with van der Waals surface area (Å²) in [6.45, 7) is 8.51. The summed E-state index contributed by atoms with van der Waals surface area (Å²) in [5.74, 6) is -0.0272. The molecule has 1 fully saturated rings. The molecular weight excluding hydrogens is 657 g/mol. The molecule has 1 amide bonds. The number of rotatable bonds is 7. The predicted octanol–water partition coefficient (Wildman–Crippen LogP) is 7.24. The number of anilines is 2. The van der Waals surface area contributed by atoms with Gasteiger partial charge in [0, 0.05) is 41.3 Å². The molecule has 1 aliphatic heterocycles. The van der Waals surface area contributed by atoms with Crippen molar-refractivity contribution >= 4 is 50.3 Å². The smallest absolute Gasteiger partial charge is 0.410 e. The minimum Gasteiger partial charge on any atom is -0.444 e. The molecule has 1 aromatic heterocycles. The minimum absolute atomic E-state index is 0.00957. The van der Waals surface area contributed by atoms with E-state index in [0.29, 0.717) is 71.5 Å². The van der Waals surface area contributed by atoms with Gasteiger partial charge in [-0.25, -0.2) is 27.6 Å². The Morgan fingerprint density at radius 2 is 1.88 bits per heavy atom. The highest BCUT2D eigenvalue weighted by Crippen LogP contribution is 2.39. The van der Waals surface area contributed by atoms with Crippen LogP contribution in [0.1, 0.15) is 69.8 Å². The van der Waals surface area contributed by atoms with Crippen molar-refractivity contribution in [2.45, 2.75) is 82.4 Å². The van der Waals surface area contributed by atoms with Gasteiger partial charge in [0.2, 0.25) is 5.95 Å². The lowest BCUT2D eigenvalue weighted by Gasteiger charge is -2.33. The second-order valence-electron chi connectivity index (χ2n) is 13.3. The standard InChI is InChI=1S/C35H39ClFN5O5S/c1-5-24-29(41-48(45,46)31-18-22(36)17-26-25(31)7-11-30(26)43)10-8-27(37)32(24)20-6-9-28-21(16-20)19-38-33(40-28)39-23-12-14-42(15-13-23)34(44)47-35(2,3)4/h6,8-10,16-19,23,30,41,43H,5,7,11-15H2,1-4H3,(H,38,39,40)/t30-/m1/s1. The number of hydrogen-bond donors (Lipinski definition) is 3. The van der Waals surface area contributed by atoms with E-state index in [1.807, 2.05) is 27.7 Å². The van der Waals surface area contributed by atoms with E-state index < -0.39 is 27.5 Å². The highest BCUT2D eigenvalue weighted by atomic mass is 35.5. The lowest BCUT2D eigenvalue weighted by Crippen LogP contribution is -2.44. The average molecular weight is 696 g/mol. The number of hydrogen-bond acceptors (Lipinski definition) is 8. The number of aliphatic hydroxyl groups is 1. The van der Waals surface area contributed by atoms with Crippen LogP contribution in [0, 0.1) is 5.82 Å². The van der Waals surface area contributed by atoms with Gasteiger partial charge in [-0.3, -0.25) is 4.72 Å². The Labute approximate surface area is 284 Å². The number of sulfonamides is 1. The van der Waals surface area contributed by atoms with E-state index in [1.165, 1.54) is 18.2 Å². The molecule has 0 bridgehead atoms. The minimum atomic E-state index is -4.12. The number of fused-ring (bicyclic) bond motifs is 2. The van der Waals surface area contributed by atoms with Crippen LogP contribution in [0.4, 0.5) is 20.8 Å². The highest BCUT2D eigenvalue weighted by Gasteiger charge is 2.30. The van der Waals surface area contributed by atoms with Crippen LogP contribution in [0.25, 0.3) is 22.0 Å². The third kappa shape index (κ3) is 7.06. The number of amides is 1. The molecule has 48 heavy (non-hydrogen) atoms. The molecule has 10 nitrogen and oxygen atoms in total. The van der Waals surface area contributed by atoms with Gasteiger partial charge in [0.05, 0.1) is 22.2 Å². The van der Waals surface area contributed by atoms with Crippen molar-refractivity contribution in [3.63, 3.8) is 0 Å². The van der Waals surface area contributed by atoms with Crippen molar-refractivity contribution in [1.29, 1.82) is 0 Å². The maximum Gasteiger partial charge on any atom is 0.410 e. The molecule has 1 saturated heterocycles. The summed E-state index contributed by atoms with van der Waals surface area (Å²) in [5.41, 5.74) is 2.76. The largest absolute Gasteiger partial charge is 0.444 e. The van der Waals surface area contributed by atoms with Crippen LogP contribution < -0.4 is 10.0 Å². The first-order valence-corrected chi connectivity index (χ1v) is 17.9. The Balaban J connectivity index is 1.22. The topological polar surface area (TPSA) is 134 Å². The van der Waals surface area contributed by atoms with Crippen molar-refractivity contribution in [2.75, 3.05) is 23.1 Å². The molecule has 3 aromatic carbocycles. The first-order valence-electron chi connectivity index (χ1n) is 16.1. The molecule has 0 saturated carbocycles. The van der Waals surface area contributed by atoms with Crippen molar-refractivity contribution in [3.05, 3.63) is 76.2 Å². The zero-order valence-corrected chi connectivity index (χ0v) is 28.9. The van der Waals surface area contributed by atoms with Gasteiger partial charge in [-0.15, -0.1) is 0 Å². The molecule has 0 radical (unpaired) electrons. The van der Waals surface area contributed by atoms with Crippen molar-refractivity contribution in [1.82, 2.24) is 14.9 Å². The molecule has 2 heterocycles. The molecule has 254 valence electrons. The normalized spacial score (nSPS) is 17.0. The summed E-state index contributed by atoms with van der Waals surface area (Å²) in [7, 11) is -4.12. The van der Waals surface area contributed by atoms with Gasteiger partial charge in [0.15, 0.2) is 0 Å². The zero-order valence-electron chi connectivity index (χ0n) is 27.3. The Morgan fingerprint density at radius 1 is 1.12 bits per heavy atom. The van der Waals surface area contributed by atoms with E-state index >= 15 is 4.39 Å². The SMILES string of the molecule is CCc1c(NS(=O)(=O)c2cc(Cl)cc3c2CC[C@H]3O)ccc(F)c1-c1ccc2nc(NC3CCN(C(=O)OC(C)(C)C)CC3)ncc2c1. The quantitative estimate of drug-likeness (QED) is 0.184. The number of aliphatic hydroxyl groups excluding tert-OH is 1. The fourth-order valence-corrected chi connectivity index (χ4v) is 8.15. The molecule has 1 atom stereocenters. The summed E-state index contributed by atoms with van der Waals surface area (Å²) in [4.78, 5) is 23.3. The van der Waals surface area contributed by atoms with Crippen LogP contribution in [0.5, 0.6) is 0 Å². The molecule has 0 spiro atoms. The first kappa shape index (κ1) is 33.9. The number of benzene rings is 3. The number of aromatic nitrogens is 2. The maximum atomic E-state index is 15.5. The second kappa shape index (κ2) is 13.1. The maximum absolute atomic E-state index is 15.5. The second-order valence-corrected chi connectivity index (χ2v) is 15.4. The van der Waals surface area contributed by atoms with E-state index in [2.05, 4.69) is 20.0 Å². The van der Waals surface area contributed by atoms with Crippen LogP contribution in [-0.2, 0) is 27.6 Å². The van der Waals surface area contributed by atoms with Gasteiger partial charge in [-0.05, 0) is 112 Å². The van der Waals surface area contributed by atoms with Crippen LogP contribution in [-0.4, -0.2) is 59.2 Å². The number of nitrogens with zero attached hydrogens (tertiary/aromatic N) is 3. The molecule has 3 N–H and O–H groups in total. The molecule has 1 aliphatic carbocycles. The van der Waals surface area contributed by atoms with Crippen LogP contribution in [0.2, 0.25) is 5.02 Å². The number of ether oxygens (including phenoxy) is 1. The summed E-state index contributed by atoms with van der Waals surface area (Å²) in [6.07, 6.45) is 3.20. The Hall–Kier alpha value is -4.00. The van der Waals surface area contributed by atoms with Gasteiger partial charge in [-0.1, -0.05) is 24.6 Å².